The van der Waals surface area contributed by atoms with Crippen LogP contribution < -0.4 is 5.32 Å². The summed E-state index contributed by atoms with van der Waals surface area (Å²) in [6, 6.07) is 14.5. The Morgan fingerprint density at radius 3 is 2.32 bits per heavy atom. The predicted molar refractivity (Wildman–Crippen MR) is 124 cm³/mol. The molecule has 0 radical (unpaired) electrons. The standard InChI is InChI=1S/C17H19N3O3.C7H8O3S/c18-9-14-2-1-7-20(14)16(21)15-8-13(10-19-15)11-3-5-12(6-4-11)17(22)23;1-6-2-4-7(5-3-6)11(8,9)10/h3-6,13-15,19H,1-2,7-8,10H2,(H,22,23);2-5H,1H3,(H,8,9,10)/t13-,14-,15-;/m0./s1. The average molecular weight is 486 g/mol. The smallest absolute Gasteiger partial charge is 0.335 e. The summed E-state index contributed by atoms with van der Waals surface area (Å²) in [4.78, 5) is 25.1. The van der Waals surface area contributed by atoms with E-state index in [4.69, 9.17) is 14.9 Å². The molecule has 3 N–H and O–H groups in total. The first-order chi connectivity index (χ1) is 16.1. The number of rotatable bonds is 4. The van der Waals surface area contributed by atoms with Crippen molar-refractivity contribution >= 4 is 22.0 Å². The Hall–Kier alpha value is -3.26. The lowest BCUT2D eigenvalue weighted by Crippen LogP contribution is -2.45. The van der Waals surface area contributed by atoms with Crippen molar-refractivity contribution in [2.45, 2.75) is 49.1 Å². The molecule has 0 aromatic heterocycles. The van der Waals surface area contributed by atoms with Gasteiger partial charge in [0.25, 0.3) is 10.1 Å². The number of benzene rings is 2. The van der Waals surface area contributed by atoms with Crippen LogP contribution >= 0.6 is 0 Å². The van der Waals surface area contributed by atoms with Crippen LogP contribution in [0.2, 0.25) is 0 Å². The Kier molecular flexibility index (Phi) is 8.04. The number of amides is 1. The minimum Gasteiger partial charge on any atom is -0.478 e. The van der Waals surface area contributed by atoms with Crippen LogP contribution in [0.4, 0.5) is 0 Å². The summed E-state index contributed by atoms with van der Waals surface area (Å²) in [5.41, 5.74) is 2.26. The van der Waals surface area contributed by atoms with Gasteiger partial charge in [-0.05, 0) is 61.9 Å². The fourth-order valence-electron chi connectivity index (χ4n) is 4.15. The van der Waals surface area contributed by atoms with Gasteiger partial charge in [0.1, 0.15) is 6.04 Å². The van der Waals surface area contributed by atoms with Crippen molar-refractivity contribution in [1.29, 1.82) is 5.26 Å². The molecule has 2 aromatic rings. The zero-order valence-electron chi connectivity index (χ0n) is 18.7. The van der Waals surface area contributed by atoms with Crippen LogP contribution in [0.15, 0.2) is 53.4 Å². The first kappa shape index (κ1) is 25.4. The number of hydrogen-bond donors (Lipinski definition) is 3. The third-order valence-electron chi connectivity index (χ3n) is 6.06. The minimum absolute atomic E-state index is 0.0127. The molecule has 2 saturated heterocycles. The number of likely N-dealkylation sites (tertiary alicyclic amines) is 1. The van der Waals surface area contributed by atoms with Crippen molar-refractivity contribution in [3.63, 3.8) is 0 Å². The van der Waals surface area contributed by atoms with E-state index in [-0.39, 0.29) is 34.4 Å². The third kappa shape index (κ3) is 6.20. The normalized spacial score (nSPS) is 21.9. The number of carboxylic acid groups (broad SMARTS) is 1. The lowest BCUT2D eigenvalue weighted by molar-refractivity contribution is -0.133. The lowest BCUT2D eigenvalue weighted by Gasteiger charge is -2.23. The minimum atomic E-state index is -4.02. The first-order valence-corrected chi connectivity index (χ1v) is 12.3. The number of nitrogens with zero attached hydrogens (tertiary/aromatic N) is 2. The van der Waals surface area contributed by atoms with Crippen LogP contribution in [-0.2, 0) is 14.9 Å². The summed E-state index contributed by atoms with van der Waals surface area (Å²) in [6.07, 6.45) is 2.33. The van der Waals surface area contributed by atoms with Gasteiger partial charge in [0.15, 0.2) is 0 Å². The zero-order chi connectivity index (χ0) is 24.9. The fourth-order valence-corrected chi connectivity index (χ4v) is 4.63. The Labute approximate surface area is 198 Å². The number of carbonyl (C=O) groups is 2. The fraction of sp³-hybridized carbons (Fsp3) is 0.375. The van der Waals surface area contributed by atoms with E-state index in [0.717, 1.165) is 24.0 Å². The van der Waals surface area contributed by atoms with Gasteiger partial charge in [0.05, 0.1) is 22.6 Å². The van der Waals surface area contributed by atoms with Gasteiger partial charge in [-0.2, -0.15) is 13.7 Å². The van der Waals surface area contributed by atoms with Crippen LogP contribution in [0.5, 0.6) is 0 Å². The zero-order valence-corrected chi connectivity index (χ0v) is 19.5. The molecule has 0 aliphatic carbocycles. The monoisotopic (exact) mass is 485 g/mol. The van der Waals surface area contributed by atoms with Gasteiger partial charge in [-0.25, -0.2) is 4.79 Å². The van der Waals surface area contributed by atoms with Gasteiger partial charge in [0, 0.05) is 13.1 Å². The molecule has 0 bridgehead atoms. The molecule has 4 rings (SSSR count). The van der Waals surface area contributed by atoms with Gasteiger partial charge < -0.3 is 15.3 Å². The average Bonchev–Trinajstić information content (AvgIpc) is 3.49. The van der Waals surface area contributed by atoms with Gasteiger partial charge >= 0.3 is 5.97 Å². The molecular formula is C24H27N3O6S. The Morgan fingerprint density at radius 2 is 1.76 bits per heavy atom. The molecular weight excluding hydrogens is 458 g/mol. The molecule has 0 unspecified atom stereocenters. The van der Waals surface area contributed by atoms with E-state index in [1.807, 2.05) is 19.1 Å². The molecule has 0 spiro atoms. The molecule has 180 valence electrons. The Bertz CT molecular complexity index is 1170. The number of aryl methyl sites for hydroxylation is 1. The molecule has 1 amide bonds. The van der Waals surface area contributed by atoms with Gasteiger partial charge in [0.2, 0.25) is 5.91 Å². The van der Waals surface area contributed by atoms with Crippen LogP contribution in [0.3, 0.4) is 0 Å². The number of nitriles is 1. The van der Waals surface area contributed by atoms with E-state index in [0.29, 0.717) is 19.5 Å². The molecule has 10 heteroatoms. The summed E-state index contributed by atoms with van der Waals surface area (Å²) in [7, 11) is -4.02. The van der Waals surface area contributed by atoms with E-state index in [1.54, 1.807) is 29.2 Å². The SMILES string of the molecule is Cc1ccc(S(=O)(=O)O)cc1.N#C[C@@H]1CCCN1C(=O)[C@@H]1C[C@H](c2ccc(C(=O)O)cc2)CN1. The van der Waals surface area contributed by atoms with Crippen molar-refractivity contribution in [3.05, 3.63) is 65.2 Å². The van der Waals surface area contributed by atoms with Crippen molar-refractivity contribution in [2.24, 2.45) is 0 Å². The number of aromatic carboxylic acids is 1. The quantitative estimate of drug-likeness (QED) is 0.560. The molecule has 9 nitrogen and oxygen atoms in total. The highest BCUT2D eigenvalue weighted by molar-refractivity contribution is 7.85. The number of nitrogens with one attached hydrogen (secondary N) is 1. The van der Waals surface area contributed by atoms with Crippen LogP contribution in [0.1, 0.15) is 46.7 Å². The summed E-state index contributed by atoms with van der Waals surface area (Å²) in [5, 5.41) is 21.3. The van der Waals surface area contributed by atoms with E-state index in [2.05, 4.69) is 11.4 Å². The highest BCUT2D eigenvalue weighted by Gasteiger charge is 2.37. The van der Waals surface area contributed by atoms with E-state index in [1.165, 1.54) is 12.1 Å². The van der Waals surface area contributed by atoms with Crippen molar-refractivity contribution in [1.82, 2.24) is 10.2 Å². The molecule has 2 fully saturated rings. The van der Waals surface area contributed by atoms with Gasteiger partial charge in [-0.1, -0.05) is 29.8 Å². The van der Waals surface area contributed by atoms with Gasteiger partial charge in [-0.3, -0.25) is 9.35 Å². The molecule has 2 aliphatic rings. The van der Waals surface area contributed by atoms with Crippen LogP contribution in [0.25, 0.3) is 0 Å². The maximum atomic E-state index is 12.6. The molecule has 0 saturated carbocycles. The maximum Gasteiger partial charge on any atom is 0.335 e. The lowest BCUT2D eigenvalue weighted by atomic mass is 9.95. The predicted octanol–water partition coefficient (Wildman–Crippen LogP) is 2.59. The van der Waals surface area contributed by atoms with E-state index in [9.17, 15) is 18.0 Å². The van der Waals surface area contributed by atoms with Crippen molar-refractivity contribution in [3.8, 4) is 6.07 Å². The second-order valence-electron chi connectivity index (χ2n) is 8.43. The third-order valence-corrected chi connectivity index (χ3v) is 6.93. The highest BCUT2D eigenvalue weighted by atomic mass is 32.2. The molecule has 2 aliphatic heterocycles. The molecule has 2 aromatic carbocycles. The maximum absolute atomic E-state index is 12.6. The second kappa shape index (κ2) is 10.8. The summed E-state index contributed by atoms with van der Waals surface area (Å²) >= 11 is 0. The van der Waals surface area contributed by atoms with Gasteiger partial charge in [-0.15, -0.1) is 0 Å². The largest absolute Gasteiger partial charge is 0.478 e. The van der Waals surface area contributed by atoms with Crippen molar-refractivity contribution in [2.75, 3.05) is 13.1 Å². The Balaban J connectivity index is 0.000000248. The first-order valence-electron chi connectivity index (χ1n) is 10.9. The molecule has 2 heterocycles. The molecule has 3 atom stereocenters. The van der Waals surface area contributed by atoms with E-state index >= 15 is 0 Å². The van der Waals surface area contributed by atoms with Crippen LogP contribution in [-0.4, -0.2) is 60.0 Å². The van der Waals surface area contributed by atoms with Crippen molar-refractivity contribution < 1.29 is 27.7 Å². The molecule has 34 heavy (non-hydrogen) atoms. The number of carbonyl (C=O) groups excluding carboxylic acids is 1. The summed E-state index contributed by atoms with van der Waals surface area (Å²) < 4.78 is 29.6. The Morgan fingerprint density at radius 1 is 1.12 bits per heavy atom. The number of hydrogen-bond acceptors (Lipinski definition) is 6. The topological polar surface area (TPSA) is 148 Å². The summed E-state index contributed by atoms with van der Waals surface area (Å²) in [6.45, 7) is 3.19. The summed E-state index contributed by atoms with van der Waals surface area (Å²) in [5.74, 6) is -0.737. The highest BCUT2D eigenvalue weighted by Crippen LogP contribution is 2.28. The van der Waals surface area contributed by atoms with E-state index < -0.39 is 16.1 Å². The second-order valence-corrected chi connectivity index (χ2v) is 9.85. The van der Waals surface area contributed by atoms with Crippen LogP contribution in [0, 0.1) is 18.3 Å². The number of carboxylic acids is 1.